The minimum atomic E-state index is -1.20. The zero-order valence-corrected chi connectivity index (χ0v) is 9.28. The first-order valence-corrected chi connectivity index (χ1v) is 4.90. The van der Waals surface area contributed by atoms with Crippen molar-refractivity contribution in [1.82, 2.24) is 4.98 Å². The molecule has 1 aromatic carbocycles. The van der Waals surface area contributed by atoms with E-state index in [9.17, 15) is 14.9 Å². The number of hydrogen-bond acceptors (Lipinski definition) is 5. The third-order valence-electron chi connectivity index (χ3n) is 2.43. The number of benzene rings is 1. The largest absolute Gasteiger partial charge is 0.494 e. The van der Waals surface area contributed by atoms with Gasteiger partial charge in [0.1, 0.15) is 17.0 Å². The molecule has 0 aliphatic heterocycles. The van der Waals surface area contributed by atoms with E-state index in [2.05, 4.69) is 4.98 Å². The Hall–Kier alpha value is -2.70. The van der Waals surface area contributed by atoms with Gasteiger partial charge in [-0.3, -0.25) is 10.1 Å². The van der Waals surface area contributed by atoms with Crippen LogP contribution in [0.2, 0.25) is 0 Å². The highest BCUT2D eigenvalue weighted by Crippen LogP contribution is 2.31. The van der Waals surface area contributed by atoms with E-state index < -0.39 is 10.9 Å². The molecule has 0 saturated heterocycles. The van der Waals surface area contributed by atoms with E-state index in [4.69, 9.17) is 9.84 Å². The summed E-state index contributed by atoms with van der Waals surface area (Å²) in [5.74, 6) is -0.913. The lowest BCUT2D eigenvalue weighted by Crippen LogP contribution is -2.01. The van der Waals surface area contributed by atoms with Gasteiger partial charge in [0.15, 0.2) is 0 Å². The highest BCUT2D eigenvalue weighted by molar-refractivity contribution is 5.96. The molecule has 7 nitrogen and oxygen atoms in total. The van der Waals surface area contributed by atoms with Crippen molar-refractivity contribution in [2.24, 2.45) is 0 Å². The molecule has 0 bridgehead atoms. The van der Waals surface area contributed by atoms with Crippen LogP contribution in [0, 0.1) is 10.1 Å². The summed E-state index contributed by atoms with van der Waals surface area (Å²) >= 11 is 0. The minimum Gasteiger partial charge on any atom is -0.494 e. The van der Waals surface area contributed by atoms with Gasteiger partial charge in [0, 0.05) is 6.07 Å². The van der Waals surface area contributed by atoms with Gasteiger partial charge in [-0.05, 0) is 18.2 Å². The van der Waals surface area contributed by atoms with Crippen molar-refractivity contribution < 1.29 is 19.6 Å². The number of fused-ring (bicyclic) bond motifs is 1. The standard InChI is InChI=1S/C11H8N2O5/c1-18-9-5-4-8(13(16)17)6-2-3-7(11(14)15)12-10(6)9/h2-5H,1H3,(H,14,15). The van der Waals surface area contributed by atoms with Gasteiger partial charge in [0.2, 0.25) is 0 Å². The average Bonchev–Trinajstić information content (AvgIpc) is 2.36. The van der Waals surface area contributed by atoms with Gasteiger partial charge in [0.25, 0.3) is 5.69 Å². The third-order valence-corrected chi connectivity index (χ3v) is 2.43. The fourth-order valence-electron chi connectivity index (χ4n) is 1.62. The molecule has 0 amide bonds. The molecule has 0 unspecified atom stereocenters. The predicted octanol–water partition coefficient (Wildman–Crippen LogP) is 1.85. The van der Waals surface area contributed by atoms with Gasteiger partial charge in [-0.2, -0.15) is 0 Å². The van der Waals surface area contributed by atoms with Crippen molar-refractivity contribution in [3.05, 3.63) is 40.1 Å². The molecule has 1 aromatic heterocycles. The molecular weight excluding hydrogens is 240 g/mol. The Balaban J connectivity index is 2.82. The Morgan fingerprint density at radius 1 is 1.39 bits per heavy atom. The number of nitro benzene ring substituents is 1. The van der Waals surface area contributed by atoms with Gasteiger partial charge in [-0.25, -0.2) is 9.78 Å². The van der Waals surface area contributed by atoms with Crippen LogP contribution in [-0.2, 0) is 0 Å². The third kappa shape index (κ3) is 1.81. The van der Waals surface area contributed by atoms with Crippen LogP contribution in [0.4, 0.5) is 5.69 Å². The molecule has 0 atom stereocenters. The Morgan fingerprint density at radius 2 is 2.11 bits per heavy atom. The summed E-state index contributed by atoms with van der Waals surface area (Å²) in [6.07, 6.45) is 0. The van der Waals surface area contributed by atoms with Gasteiger partial charge >= 0.3 is 5.97 Å². The van der Waals surface area contributed by atoms with Gasteiger partial charge in [-0.1, -0.05) is 0 Å². The summed E-state index contributed by atoms with van der Waals surface area (Å²) in [6.45, 7) is 0. The maximum atomic E-state index is 10.9. The number of carboxylic acids is 1. The first-order valence-electron chi connectivity index (χ1n) is 4.90. The lowest BCUT2D eigenvalue weighted by molar-refractivity contribution is -0.383. The van der Waals surface area contributed by atoms with Crippen LogP contribution in [0.25, 0.3) is 10.9 Å². The molecule has 18 heavy (non-hydrogen) atoms. The normalized spacial score (nSPS) is 10.3. The number of carbonyl (C=O) groups is 1. The number of nitro groups is 1. The number of aromatic nitrogens is 1. The van der Waals surface area contributed by atoms with Gasteiger partial charge in [0.05, 0.1) is 17.4 Å². The predicted molar refractivity (Wildman–Crippen MR) is 61.9 cm³/mol. The quantitative estimate of drug-likeness (QED) is 0.656. The van der Waals surface area contributed by atoms with Crippen molar-refractivity contribution in [3.8, 4) is 5.75 Å². The second-order valence-corrected chi connectivity index (χ2v) is 3.44. The lowest BCUT2D eigenvalue weighted by Gasteiger charge is -2.05. The molecule has 0 spiro atoms. The molecule has 1 N–H and O–H groups in total. The van der Waals surface area contributed by atoms with E-state index in [-0.39, 0.29) is 22.3 Å². The number of nitrogens with zero attached hydrogens (tertiary/aromatic N) is 2. The summed E-state index contributed by atoms with van der Waals surface area (Å²) in [5.41, 5.74) is -0.178. The molecule has 0 radical (unpaired) electrons. The lowest BCUT2D eigenvalue weighted by atomic mass is 10.1. The zero-order chi connectivity index (χ0) is 13.3. The van der Waals surface area contributed by atoms with Crippen LogP contribution < -0.4 is 4.74 Å². The molecule has 0 saturated carbocycles. The molecule has 7 heteroatoms. The number of pyridine rings is 1. The number of carboxylic acid groups (broad SMARTS) is 1. The van der Waals surface area contributed by atoms with E-state index in [1.165, 1.54) is 31.4 Å². The van der Waals surface area contributed by atoms with Gasteiger partial charge < -0.3 is 9.84 Å². The number of hydrogen-bond donors (Lipinski definition) is 1. The Bertz CT molecular complexity index is 653. The fourth-order valence-corrected chi connectivity index (χ4v) is 1.62. The zero-order valence-electron chi connectivity index (χ0n) is 9.28. The monoisotopic (exact) mass is 248 g/mol. The van der Waals surface area contributed by atoms with Crippen LogP contribution in [0.1, 0.15) is 10.5 Å². The Morgan fingerprint density at radius 3 is 2.67 bits per heavy atom. The second-order valence-electron chi connectivity index (χ2n) is 3.44. The highest BCUT2D eigenvalue weighted by atomic mass is 16.6. The summed E-state index contributed by atoms with van der Waals surface area (Å²) in [7, 11) is 1.38. The van der Waals surface area contributed by atoms with Crippen LogP contribution in [0.15, 0.2) is 24.3 Å². The number of methoxy groups -OCH3 is 1. The van der Waals surface area contributed by atoms with Crippen molar-refractivity contribution in [1.29, 1.82) is 0 Å². The van der Waals surface area contributed by atoms with Crippen LogP contribution in [0.3, 0.4) is 0 Å². The number of aromatic carboxylic acids is 1. The van der Waals surface area contributed by atoms with Gasteiger partial charge in [-0.15, -0.1) is 0 Å². The van der Waals surface area contributed by atoms with Crippen molar-refractivity contribution in [2.45, 2.75) is 0 Å². The van der Waals surface area contributed by atoms with Crippen molar-refractivity contribution in [3.63, 3.8) is 0 Å². The Labute approximate surface area is 101 Å². The molecule has 0 aliphatic rings. The van der Waals surface area contributed by atoms with E-state index in [0.29, 0.717) is 5.75 Å². The number of ether oxygens (including phenoxy) is 1. The van der Waals surface area contributed by atoms with Crippen molar-refractivity contribution >= 4 is 22.6 Å². The molecule has 92 valence electrons. The number of rotatable bonds is 3. The van der Waals surface area contributed by atoms with E-state index in [1.54, 1.807) is 0 Å². The topological polar surface area (TPSA) is 103 Å². The maximum Gasteiger partial charge on any atom is 0.354 e. The fraction of sp³-hybridized carbons (Fsp3) is 0.0909. The Kier molecular flexibility index (Phi) is 2.80. The van der Waals surface area contributed by atoms with Crippen LogP contribution in [0.5, 0.6) is 5.75 Å². The molecule has 2 aromatic rings. The molecule has 1 heterocycles. The maximum absolute atomic E-state index is 10.9. The molecular formula is C11H8N2O5. The summed E-state index contributed by atoms with van der Waals surface area (Å²) in [6, 6.07) is 5.26. The smallest absolute Gasteiger partial charge is 0.354 e. The highest BCUT2D eigenvalue weighted by Gasteiger charge is 2.17. The van der Waals surface area contributed by atoms with E-state index in [0.717, 1.165) is 0 Å². The molecule has 0 fully saturated rings. The van der Waals surface area contributed by atoms with E-state index in [1.807, 2.05) is 0 Å². The minimum absolute atomic E-state index is 0.143. The molecule has 2 rings (SSSR count). The summed E-state index contributed by atoms with van der Waals surface area (Å²) < 4.78 is 5.02. The SMILES string of the molecule is COc1ccc([N+](=O)[O-])c2ccc(C(=O)O)nc12. The average molecular weight is 248 g/mol. The summed E-state index contributed by atoms with van der Waals surface area (Å²) in [5, 5.41) is 19.9. The molecule has 0 aliphatic carbocycles. The number of non-ortho nitro benzene ring substituents is 1. The first-order chi connectivity index (χ1) is 8.54. The van der Waals surface area contributed by atoms with Crippen molar-refractivity contribution in [2.75, 3.05) is 7.11 Å². The van der Waals surface area contributed by atoms with Crippen LogP contribution in [-0.4, -0.2) is 28.1 Å². The van der Waals surface area contributed by atoms with Crippen LogP contribution >= 0.6 is 0 Å². The summed E-state index contributed by atoms with van der Waals surface area (Å²) in [4.78, 5) is 25.0. The first kappa shape index (κ1) is 11.8. The van der Waals surface area contributed by atoms with E-state index >= 15 is 0 Å². The second kappa shape index (κ2) is 4.28.